The van der Waals surface area contributed by atoms with Crippen molar-refractivity contribution in [2.75, 3.05) is 30.7 Å². The number of nitrogens with one attached hydrogen (secondary N) is 2. The van der Waals surface area contributed by atoms with E-state index in [4.69, 9.17) is 5.73 Å². The van der Waals surface area contributed by atoms with Crippen molar-refractivity contribution in [3.8, 4) is 0 Å². The number of para-hydroxylation sites is 1. The molecule has 0 saturated carbocycles. The summed E-state index contributed by atoms with van der Waals surface area (Å²) in [5.74, 6) is 1.35. The van der Waals surface area contributed by atoms with Crippen LogP contribution in [0.25, 0.3) is 0 Å². The van der Waals surface area contributed by atoms with Crippen LogP contribution in [0.1, 0.15) is 37.2 Å². The lowest BCUT2D eigenvalue weighted by Crippen LogP contribution is -2.42. The van der Waals surface area contributed by atoms with Gasteiger partial charge in [-0.2, -0.15) is 15.0 Å². The van der Waals surface area contributed by atoms with Crippen molar-refractivity contribution in [1.82, 2.24) is 24.6 Å². The third-order valence-electron chi connectivity index (χ3n) is 6.07. The number of benzene rings is 2. The monoisotopic (exact) mass is 481 g/mol. The van der Waals surface area contributed by atoms with Gasteiger partial charge >= 0.3 is 0 Å². The molecule has 2 unspecified atom stereocenters. The molecule has 34 heavy (non-hydrogen) atoms. The first-order chi connectivity index (χ1) is 16.3. The molecule has 1 aliphatic heterocycles. The lowest BCUT2D eigenvalue weighted by Gasteiger charge is -2.36. The fraction of sp³-hybridized carbons (Fsp3) is 0.375. The highest BCUT2D eigenvalue weighted by molar-refractivity contribution is 7.89. The van der Waals surface area contributed by atoms with Crippen LogP contribution in [0.2, 0.25) is 0 Å². The Morgan fingerprint density at radius 1 is 1.09 bits per heavy atom. The van der Waals surface area contributed by atoms with E-state index in [1.54, 1.807) is 24.3 Å². The molecule has 0 radical (unpaired) electrons. The van der Waals surface area contributed by atoms with Gasteiger partial charge in [-0.15, -0.1) is 0 Å². The van der Waals surface area contributed by atoms with Crippen LogP contribution in [0, 0.1) is 12.8 Å². The summed E-state index contributed by atoms with van der Waals surface area (Å²) in [5.41, 5.74) is 7.86. The Kier molecular flexibility index (Phi) is 7.40. The van der Waals surface area contributed by atoms with Crippen molar-refractivity contribution in [3.05, 3.63) is 66.0 Å². The molecule has 9 nitrogen and oxygen atoms in total. The minimum atomic E-state index is -3.53. The number of likely N-dealkylation sites (tertiary alicyclic amines) is 1. The van der Waals surface area contributed by atoms with Crippen molar-refractivity contribution in [2.45, 2.75) is 37.6 Å². The Hall–Kier alpha value is -3.08. The largest absolute Gasteiger partial charge is 0.368 e. The predicted molar refractivity (Wildman–Crippen MR) is 133 cm³/mol. The molecule has 180 valence electrons. The summed E-state index contributed by atoms with van der Waals surface area (Å²) in [6.45, 7) is 5.99. The number of nitrogens with two attached hydrogens (primary N) is 1. The lowest BCUT2D eigenvalue weighted by atomic mass is 9.97. The molecule has 2 aromatic carbocycles. The van der Waals surface area contributed by atoms with E-state index in [0.717, 1.165) is 37.2 Å². The third kappa shape index (κ3) is 6.07. The topological polar surface area (TPSA) is 126 Å². The van der Waals surface area contributed by atoms with E-state index in [0.29, 0.717) is 23.2 Å². The number of sulfonamides is 1. The summed E-state index contributed by atoms with van der Waals surface area (Å²) in [4.78, 5) is 15.7. The zero-order valence-corrected chi connectivity index (χ0v) is 20.3. The zero-order valence-electron chi connectivity index (χ0n) is 19.5. The van der Waals surface area contributed by atoms with Gasteiger partial charge in [0.15, 0.2) is 5.82 Å². The van der Waals surface area contributed by atoms with Gasteiger partial charge in [-0.05, 0) is 63.4 Å². The van der Waals surface area contributed by atoms with Crippen LogP contribution in [-0.4, -0.2) is 47.9 Å². The van der Waals surface area contributed by atoms with E-state index >= 15 is 0 Å². The number of rotatable bonds is 8. The average Bonchev–Trinajstić information content (AvgIpc) is 2.83. The van der Waals surface area contributed by atoms with Crippen molar-refractivity contribution in [3.63, 3.8) is 0 Å². The van der Waals surface area contributed by atoms with Gasteiger partial charge in [0, 0.05) is 18.8 Å². The Morgan fingerprint density at radius 3 is 2.56 bits per heavy atom. The van der Waals surface area contributed by atoms with E-state index in [9.17, 15) is 8.42 Å². The molecule has 2 heterocycles. The number of anilines is 3. The summed E-state index contributed by atoms with van der Waals surface area (Å²) in [7, 11) is -3.53. The molecule has 4 rings (SSSR count). The van der Waals surface area contributed by atoms with Gasteiger partial charge in [0.05, 0.1) is 10.9 Å². The van der Waals surface area contributed by atoms with E-state index in [-0.39, 0.29) is 17.9 Å². The summed E-state index contributed by atoms with van der Waals surface area (Å²) in [6.07, 6.45) is 1.93. The number of nitrogens with zero attached hydrogens (tertiary/aromatic N) is 4. The Balaban J connectivity index is 1.40. The van der Waals surface area contributed by atoms with Crippen LogP contribution in [0.15, 0.2) is 59.5 Å². The molecule has 0 aliphatic carbocycles. The van der Waals surface area contributed by atoms with Gasteiger partial charge in [-0.3, -0.25) is 4.90 Å². The lowest BCUT2D eigenvalue weighted by molar-refractivity contribution is 0.128. The second-order valence-electron chi connectivity index (χ2n) is 8.71. The quantitative estimate of drug-likeness (QED) is 0.448. The minimum absolute atomic E-state index is 0.0851. The maximum Gasteiger partial charge on any atom is 0.240 e. The third-order valence-corrected chi connectivity index (χ3v) is 7.50. The van der Waals surface area contributed by atoms with Gasteiger partial charge in [0.1, 0.15) is 0 Å². The highest BCUT2D eigenvalue weighted by Crippen LogP contribution is 2.26. The van der Waals surface area contributed by atoms with Gasteiger partial charge in [-0.25, -0.2) is 13.1 Å². The molecule has 0 bridgehead atoms. The molecule has 4 N–H and O–H groups in total. The normalized spacial score (nSPS) is 17.9. The van der Waals surface area contributed by atoms with Crippen LogP contribution >= 0.6 is 0 Å². The molecule has 1 saturated heterocycles. The van der Waals surface area contributed by atoms with Gasteiger partial charge < -0.3 is 11.1 Å². The Labute approximate surface area is 200 Å². The standard InChI is InChI=1S/C24H31N7O2S/c1-17-10-12-21(13-11-17)34(32,33)26-15-19-7-6-14-31(16-19)18(2)22-28-23(25)30-24(29-22)27-20-8-4-3-5-9-20/h3-5,8-13,18-19,26H,6-7,14-16H2,1-2H3,(H3,25,27,28,29,30). The van der Waals surface area contributed by atoms with Crippen molar-refractivity contribution in [2.24, 2.45) is 5.92 Å². The maximum atomic E-state index is 12.7. The molecule has 10 heteroatoms. The summed E-state index contributed by atoms with van der Waals surface area (Å²) in [6, 6.07) is 16.4. The molecule has 1 fully saturated rings. The fourth-order valence-corrected chi connectivity index (χ4v) is 5.23. The van der Waals surface area contributed by atoms with Crippen LogP contribution in [0.5, 0.6) is 0 Å². The molecule has 1 aliphatic rings. The second-order valence-corrected chi connectivity index (χ2v) is 10.5. The SMILES string of the molecule is Cc1ccc(S(=O)(=O)NCC2CCCN(C(C)c3nc(N)nc(Nc4ccccc4)n3)C2)cc1. The van der Waals surface area contributed by atoms with Crippen LogP contribution < -0.4 is 15.8 Å². The second kappa shape index (κ2) is 10.5. The first-order valence-corrected chi connectivity index (χ1v) is 12.9. The van der Waals surface area contributed by atoms with Gasteiger partial charge in [0.2, 0.25) is 21.9 Å². The van der Waals surface area contributed by atoms with Crippen LogP contribution in [0.4, 0.5) is 17.6 Å². The van der Waals surface area contributed by atoms with Crippen LogP contribution in [0.3, 0.4) is 0 Å². The molecular formula is C24H31N7O2S. The highest BCUT2D eigenvalue weighted by Gasteiger charge is 2.27. The number of nitrogen functional groups attached to an aromatic ring is 1. The van der Waals surface area contributed by atoms with Crippen molar-refractivity contribution >= 4 is 27.6 Å². The predicted octanol–water partition coefficient (Wildman–Crippen LogP) is 3.26. The molecule has 0 spiro atoms. The van der Waals surface area contributed by atoms with Crippen molar-refractivity contribution in [1.29, 1.82) is 0 Å². The summed E-state index contributed by atoms with van der Waals surface area (Å²) >= 11 is 0. The highest BCUT2D eigenvalue weighted by atomic mass is 32.2. The Bertz CT molecular complexity index is 1200. The molecule has 0 amide bonds. The van der Waals surface area contributed by atoms with E-state index in [1.807, 2.05) is 44.2 Å². The fourth-order valence-electron chi connectivity index (χ4n) is 4.11. The van der Waals surface area contributed by atoms with E-state index in [1.165, 1.54) is 0 Å². The summed E-state index contributed by atoms with van der Waals surface area (Å²) in [5, 5.41) is 3.17. The van der Waals surface area contributed by atoms with Crippen molar-refractivity contribution < 1.29 is 8.42 Å². The average molecular weight is 482 g/mol. The zero-order chi connectivity index (χ0) is 24.1. The van der Waals surface area contributed by atoms with E-state index in [2.05, 4.69) is 29.9 Å². The molecule has 2 atom stereocenters. The molecule has 3 aromatic rings. The number of aromatic nitrogens is 3. The number of hydrogen-bond donors (Lipinski definition) is 3. The van der Waals surface area contributed by atoms with Gasteiger partial charge in [0.25, 0.3) is 0 Å². The minimum Gasteiger partial charge on any atom is -0.368 e. The molecular weight excluding hydrogens is 450 g/mol. The number of aryl methyl sites for hydroxylation is 1. The first kappa shape index (κ1) is 24.1. The molecule has 1 aromatic heterocycles. The van der Waals surface area contributed by atoms with Gasteiger partial charge in [-0.1, -0.05) is 35.9 Å². The number of piperidine rings is 1. The van der Waals surface area contributed by atoms with Crippen LogP contribution in [-0.2, 0) is 10.0 Å². The summed E-state index contributed by atoms with van der Waals surface area (Å²) < 4.78 is 28.1. The smallest absolute Gasteiger partial charge is 0.240 e. The Morgan fingerprint density at radius 2 is 1.82 bits per heavy atom. The first-order valence-electron chi connectivity index (χ1n) is 11.4. The number of hydrogen-bond acceptors (Lipinski definition) is 8. The maximum absolute atomic E-state index is 12.7. The van der Waals surface area contributed by atoms with E-state index < -0.39 is 10.0 Å².